The van der Waals surface area contributed by atoms with Gasteiger partial charge >= 0.3 is 0 Å². The average molecular weight is 557 g/mol. The fraction of sp³-hybridized carbons (Fsp3) is 0.0476. The molecule has 1 amide bonds. The third kappa shape index (κ3) is 6.06. The van der Waals surface area contributed by atoms with E-state index in [4.69, 9.17) is 27.9 Å². The Morgan fingerprint density at radius 2 is 1.69 bits per heavy atom. The Kier molecular flexibility index (Phi) is 7.72. The van der Waals surface area contributed by atoms with Crippen molar-refractivity contribution in [1.29, 1.82) is 0 Å². The first-order valence-corrected chi connectivity index (χ1v) is 10.7. The Balaban J connectivity index is 1.65. The molecule has 4 nitrogen and oxygen atoms in total. The molecule has 0 heterocycles. The third-order valence-corrected chi connectivity index (χ3v) is 5.64. The van der Waals surface area contributed by atoms with E-state index in [1.165, 1.54) is 0 Å². The molecule has 0 aromatic heterocycles. The van der Waals surface area contributed by atoms with Gasteiger partial charge in [-0.05, 0) is 79.9 Å². The molecule has 3 aromatic rings. The highest BCUT2D eigenvalue weighted by molar-refractivity contribution is 9.11. The first kappa shape index (κ1) is 21.8. The number of hydrogen-bond acceptors (Lipinski definition) is 3. The second kappa shape index (κ2) is 10.3. The lowest BCUT2D eigenvalue weighted by Crippen LogP contribution is -2.17. The van der Waals surface area contributed by atoms with E-state index in [1.54, 1.807) is 30.5 Å². The maximum Gasteiger partial charge on any atom is 0.271 e. The van der Waals surface area contributed by atoms with Crippen LogP contribution in [0.2, 0.25) is 10.0 Å². The molecule has 0 fully saturated rings. The molecule has 0 radical (unpaired) electrons. The summed E-state index contributed by atoms with van der Waals surface area (Å²) in [6.45, 7) is 0.335. The zero-order valence-electron chi connectivity index (χ0n) is 14.8. The zero-order chi connectivity index (χ0) is 20.8. The maximum absolute atomic E-state index is 12.1. The maximum atomic E-state index is 12.1. The summed E-state index contributed by atoms with van der Waals surface area (Å²) < 4.78 is 7.38. The summed E-state index contributed by atoms with van der Waals surface area (Å²) in [6, 6.07) is 17.7. The quantitative estimate of drug-likeness (QED) is 0.266. The smallest absolute Gasteiger partial charge is 0.271 e. The summed E-state index contributed by atoms with van der Waals surface area (Å²) in [5.41, 5.74) is 4.61. The van der Waals surface area contributed by atoms with Gasteiger partial charge in [0.15, 0.2) is 0 Å². The Morgan fingerprint density at radius 3 is 2.34 bits per heavy atom. The Bertz CT molecular complexity index is 1030. The number of halogens is 4. The molecule has 3 aromatic carbocycles. The van der Waals surface area contributed by atoms with Crippen LogP contribution in [0, 0.1) is 0 Å². The van der Waals surface area contributed by atoms with Crippen molar-refractivity contribution in [1.82, 2.24) is 5.43 Å². The molecule has 1 N–H and O–H groups in total. The van der Waals surface area contributed by atoms with Crippen molar-refractivity contribution in [2.45, 2.75) is 6.61 Å². The van der Waals surface area contributed by atoms with Crippen LogP contribution in [0.15, 0.2) is 74.7 Å². The minimum absolute atomic E-state index is 0.323. The summed E-state index contributed by atoms with van der Waals surface area (Å²) >= 11 is 19.0. The van der Waals surface area contributed by atoms with Crippen LogP contribution in [0.3, 0.4) is 0 Å². The van der Waals surface area contributed by atoms with Crippen LogP contribution in [-0.2, 0) is 6.61 Å². The molecular weight excluding hydrogens is 543 g/mol. The highest BCUT2D eigenvalue weighted by Gasteiger charge is 2.10. The second-order valence-electron chi connectivity index (χ2n) is 5.90. The highest BCUT2D eigenvalue weighted by atomic mass is 79.9. The first-order chi connectivity index (χ1) is 13.9. The molecule has 0 saturated heterocycles. The SMILES string of the molecule is O=C(N/N=C\c1cc(Br)c(OCc2ccccc2Cl)c(Br)c1)c1ccc(Cl)cc1. The van der Waals surface area contributed by atoms with Crippen molar-refractivity contribution in [3.05, 3.63) is 96.3 Å². The second-order valence-corrected chi connectivity index (χ2v) is 8.45. The molecule has 3 rings (SSSR count). The van der Waals surface area contributed by atoms with Crippen molar-refractivity contribution in [2.75, 3.05) is 0 Å². The minimum Gasteiger partial charge on any atom is -0.486 e. The topological polar surface area (TPSA) is 50.7 Å². The number of hydrazone groups is 1. The van der Waals surface area contributed by atoms with Gasteiger partial charge in [0.2, 0.25) is 0 Å². The molecule has 0 aliphatic heterocycles. The average Bonchev–Trinajstić information content (AvgIpc) is 2.69. The largest absolute Gasteiger partial charge is 0.486 e. The lowest BCUT2D eigenvalue weighted by atomic mass is 10.2. The van der Waals surface area contributed by atoms with Gasteiger partial charge < -0.3 is 4.74 Å². The molecule has 0 bridgehead atoms. The summed E-state index contributed by atoms with van der Waals surface area (Å²) in [5.74, 6) is 0.322. The van der Waals surface area contributed by atoms with Crippen LogP contribution in [0.25, 0.3) is 0 Å². The van der Waals surface area contributed by atoms with Crippen molar-refractivity contribution in [2.24, 2.45) is 5.10 Å². The van der Waals surface area contributed by atoms with Crippen LogP contribution < -0.4 is 10.2 Å². The normalized spacial score (nSPS) is 10.9. The van der Waals surface area contributed by atoms with Gasteiger partial charge in [0.1, 0.15) is 12.4 Å². The van der Waals surface area contributed by atoms with E-state index in [1.807, 2.05) is 36.4 Å². The fourth-order valence-electron chi connectivity index (χ4n) is 2.39. The highest BCUT2D eigenvalue weighted by Crippen LogP contribution is 2.35. The summed E-state index contributed by atoms with van der Waals surface area (Å²) in [5, 5.41) is 5.22. The van der Waals surface area contributed by atoms with Crippen molar-refractivity contribution in [3.8, 4) is 5.75 Å². The van der Waals surface area contributed by atoms with E-state index in [0.29, 0.717) is 28.0 Å². The Labute approximate surface area is 195 Å². The molecule has 8 heteroatoms. The number of carbonyl (C=O) groups is 1. The Hall–Kier alpha value is -1.86. The fourth-order valence-corrected chi connectivity index (χ4v) is 4.16. The summed E-state index contributed by atoms with van der Waals surface area (Å²) in [4.78, 5) is 12.1. The van der Waals surface area contributed by atoms with Crippen molar-refractivity contribution >= 4 is 67.2 Å². The van der Waals surface area contributed by atoms with Gasteiger partial charge in [-0.1, -0.05) is 41.4 Å². The van der Waals surface area contributed by atoms with E-state index >= 15 is 0 Å². The van der Waals surface area contributed by atoms with Gasteiger partial charge in [-0.25, -0.2) is 5.43 Å². The molecule has 29 heavy (non-hydrogen) atoms. The van der Waals surface area contributed by atoms with Gasteiger partial charge in [0, 0.05) is 21.2 Å². The molecular formula is C21H14Br2Cl2N2O2. The van der Waals surface area contributed by atoms with E-state index in [9.17, 15) is 4.79 Å². The predicted molar refractivity (Wildman–Crippen MR) is 124 cm³/mol. The van der Waals surface area contributed by atoms with Gasteiger partial charge in [-0.15, -0.1) is 0 Å². The number of amides is 1. The van der Waals surface area contributed by atoms with Gasteiger partial charge in [-0.2, -0.15) is 5.10 Å². The van der Waals surface area contributed by atoms with Crippen molar-refractivity contribution in [3.63, 3.8) is 0 Å². The van der Waals surface area contributed by atoms with E-state index in [2.05, 4.69) is 42.4 Å². The van der Waals surface area contributed by atoms with E-state index in [-0.39, 0.29) is 5.91 Å². The zero-order valence-corrected chi connectivity index (χ0v) is 19.5. The molecule has 0 aliphatic carbocycles. The number of rotatable bonds is 6. The molecule has 0 unspecified atom stereocenters. The van der Waals surface area contributed by atoms with Gasteiger partial charge in [0.25, 0.3) is 5.91 Å². The third-order valence-electron chi connectivity index (χ3n) is 3.84. The van der Waals surface area contributed by atoms with Crippen LogP contribution in [-0.4, -0.2) is 12.1 Å². The number of ether oxygens (including phenoxy) is 1. The summed E-state index contributed by atoms with van der Waals surface area (Å²) in [7, 11) is 0. The van der Waals surface area contributed by atoms with Gasteiger partial charge in [-0.3, -0.25) is 4.79 Å². The van der Waals surface area contributed by atoms with E-state index < -0.39 is 0 Å². The van der Waals surface area contributed by atoms with Crippen LogP contribution in [0.1, 0.15) is 21.5 Å². The summed E-state index contributed by atoms with van der Waals surface area (Å²) in [6.07, 6.45) is 1.54. The van der Waals surface area contributed by atoms with Gasteiger partial charge in [0.05, 0.1) is 15.2 Å². The molecule has 0 atom stereocenters. The molecule has 0 saturated carbocycles. The van der Waals surface area contributed by atoms with Crippen LogP contribution in [0.4, 0.5) is 0 Å². The standard InChI is InChI=1S/C21H14Br2Cl2N2O2/c22-17-9-13(11-26-27-21(28)14-5-7-16(24)8-6-14)10-18(23)20(17)29-12-15-3-1-2-4-19(15)25/h1-11H,12H2,(H,27,28)/b26-11-. The predicted octanol–water partition coefficient (Wildman–Crippen LogP) is 6.86. The van der Waals surface area contributed by atoms with Crippen LogP contribution in [0.5, 0.6) is 5.75 Å². The number of nitrogens with one attached hydrogen (secondary N) is 1. The monoisotopic (exact) mass is 554 g/mol. The van der Waals surface area contributed by atoms with E-state index in [0.717, 1.165) is 20.1 Å². The van der Waals surface area contributed by atoms with Crippen molar-refractivity contribution < 1.29 is 9.53 Å². The lowest BCUT2D eigenvalue weighted by Gasteiger charge is -2.12. The first-order valence-electron chi connectivity index (χ1n) is 8.38. The molecule has 0 aliphatic rings. The molecule has 148 valence electrons. The molecule has 0 spiro atoms. The minimum atomic E-state index is -0.323. The number of benzene rings is 3. The lowest BCUT2D eigenvalue weighted by molar-refractivity contribution is 0.0955. The number of hydrogen-bond donors (Lipinski definition) is 1. The number of nitrogens with zero attached hydrogens (tertiary/aromatic N) is 1. The van der Waals surface area contributed by atoms with Crippen LogP contribution >= 0.6 is 55.1 Å². The Morgan fingerprint density at radius 1 is 1.03 bits per heavy atom. The number of carbonyl (C=O) groups excluding carboxylic acids is 1.